The molecule has 1 aromatic heterocycles. The van der Waals surface area contributed by atoms with Crippen LogP contribution in [0, 0.1) is 0 Å². The van der Waals surface area contributed by atoms with Crippen LogP contribution < -0.4 is 10.9 Å². The van der Waals surface area contributed by atoms with Gasteiger partial charge in [-0.1, -0.05) is 18.2 Å². The molecule has 19 heavy (non-hydrogen) atoms. The Bertz CT molecular complexity index is 511. The van der Waals surface area contributed by atoms with Crippen molar-refractivity contribution in [1.29, 1.82) is 0 Å². The average Bonchev–Trinajstić information content (AvgIpc) is 2.37. The number of hydrogen-bond donors (Lipinski definition) is 1. The van der Waals surface area contributed by atoms with Crippen molar-refractivity contribution in [3.05, 3.63) is 45.8 Å². The van der Waals surface area contributed by atoms with Gasteiger partial charge in [0.05, 0.1) is 31.6 Å². The highest BCUT2D eigenvalue weighted by atomic mass is 79.9. The van der Waals surface area contributed by atoms with Crippen LogP contribution in [-0.2, 0) is 11.3 Å². The van der Waals surface area contributed by atoms with Gasteiger partial charge in [-0.05, 0) is 22.9 Å². The first-order valence-electron chi connectivity index (χ1n) is 5.88. The summed E-state index contributed by atoms with van der Waals surface area (Å²) in [5, 5.41) is 7.14. The van der Waals surface area contributed by atoms with Crippen molar-refractivity contribution in [2.75, 3.05) is 25.1 Å². The van der Waals surface area contributed by atoms with Crippen LogP contribution in [0.5, 0.6) is 0 Å². The zero-order valence-electron chi connectivity index (χ0n) is 11.0. The van der Waals surface area contributed by atoms with Gasteiger partial charge in [0.25, 0.3) is 5.56 Å². The number of hydrogen-bond acceptors (Lipinski definition) is 4. The zero-order chi connectivity index (χ0) is 14.3. The molecule has 0 unspecified atom stereocenters. The van der Waals surface area contributed by atoms with Crippen molar-refractivity contribution in [3.63, 3.8) is 0 Å². The highest BCUT2D eigenvalue weighted by Gasteiger charge is 2.07. The lowest BCUT2D eigenvalue weighted by molar-refractivity contribution is 0.167. The molecule has 0 bridgehead atoms. The molecule has 6 heteroatoms. The Morgan fingerprint density at radius 2 is 2.42 bits per heavy atom. The third-order valence-electron chi connectivity index (χ3n) is 2.20. The first-order valence-corrected chi connectivity index (χ1v) is 6.68. The Hall–Kier alpha value is -1.40. The normalized spacial score (nSPS) is 10.2. The minimum atomic E-state index is -0.187. The van der Waals surface area contributed by atoms with Gasteiger partial charge in [-0.3, -0.25) is 4.79 Å². The first kappa shape index (κ1) is 15.7. The van der Waals surface area contributed by atoms with Gasteiger partial charge in [-0.2, -0.15) is 5.10 Å². The van der Waals surface area contributed by atoms with E-state index >= 15 is 0 Å². The van der Waals surface area contributed by atoms with E-state index in [1.165, 1.54) is 4.68 Å². The van der Waals surface area contributed by atoms with E-state index in [2.05, 4.69) is 39.5 Å². The van der Waals surface area contributed by atoms with Crippen molar-refractivity contribution in [2.45, 2.75) is 13.5 Å². The highest BCUT2D eigenvalue weighted by Crippen LogP contribution is 2.15. The summed E-state index contributed by atoms with van der Waals surface area (Å²) >= 11 is 3.27. The summed E-state index contributed by atoms with van der Waals surface area (Å²) in [7, 11) is 0. The molecule has 0 aromatic carbocycles. The Balaban J connectivity index is 2.55. The summed E-state index contributed by atoms with van der Waals surface area (Å²) in [6.45, 7) is 11.3. The number of aromatic nitrogens is 2. The fraction of sp³-hybridized carbons (Fsp3) is 0.385. The predicted molar refractivity (Wildman–Crippen MR) is 80.5 cm³/mol. The smallest absolute Gasteiger partial charge is 0.283 e. The third kappa shape index (κ3) is 5.00. The number of halogens is 1. The largest absolute Gasteiger partial charge is 0.380 e. The lowest BCUT2D eigenvalue weighted by Gasteiger charge is -2.10. The number of ether oxygens (including phenoxy) is 1. The number of anilines is 1. The van der Waals surface area contributed by atoms with Crippen LogP contribution in [0.1, 0.15) is 6.92 Å². The second kappa shape index (κ2) is 7.91. The first-order chi connectivity index (χ1) is 9.06. The molecule has 0 radical (unpaired) electrons. The van der Waals surface area contributed by atoms with E-state index < -0.39 is 0 Å². The molecule has 0 aliphatic carbocycles. The molecule has 1 N–H and O–H groups in total. The van der Waals surface area contributed by atoms with E-state index in [-0.39, 0.29) is 5.56 Å². The lowest BCUT2D eigenvalue weighted by Crippen LogP contribution is -2.24. The predicted octanol–water partition coefficient (Wildman–Crippen LogP) is 2.20. The Labute approximate surface area is 121 Å². The van der Waals surface area contributed by atoms with Gasteiger partial charge in [0, 0.05) is 6.54 Å². The summed E-state index contributed by atoms with van der Waals surface area (Å²) in [6.07, 6.45) is 3.23. The zero-order valence-corrected chi connectivity index (χ0v) is 12.6. The van der Waals surface area contributed by atoms with Crippen LogP contribution in [0.2, 0.25) is 0 Å². The Morgan fingerprint density at radius 1 is 1.68 bits per heavy atom. The molecule has 5 nitrogen and oxygen atoms in total. The molecule has 1 rings (SSSR count). The second-order valence-corrected chi connectivity index (χ2v) is 4.88. The standard InChI is InChI=1S/C13H18BrN3O2/c1-4-6-17-13(18)12(14)11(8-16-17)15-5-7-19-9-10(2)3/h4,8,15H,1-2,5-7,9H2,3H3. The highest BCUT2D eigenvalue weighted by molar-refractivity contribution is 9.10. The summed E-state index contributed by atoms with van der Waals surface area (Å²) in [6, 6.07) is 0. The molecular formula is C13H18BrN3O2. The second-order valence-electron chi connectivity index (χ2n) is 4.08. The van der Waals surface area contributed by atoms with E-state index in [0.29, 0.717) is 36.5 Å². The van der Waals surface area contributed by atoms with Crippen LogP contribution in [0.3, 0.4) is 0 Å². The molecule has 0 saturated heterocycles. The molecular weight excluding hydrogens is 310 g/mol. The molecule has 0 fully saturated rings. The Kier molecular flexibility index (Phi) is 6.52. The summed E-state index contributed by atoms with van der Waals surface area (Å²) < 4.78 is 7.15. The molecule has 0 atom stereocenters. The van der Waals surface area contributed by atoms with Crippen LogP contribution in [0.15, 0.2) is 40.3 Å². The van der Waals surface area contributed by atoms with E-state index in [1.54, 1.807) is 12.3 Å². The van der Waals surface area contributed by atoms with Crippen molar-refractivity contribution < 1.29 is 4.74 Å². The Morgan fingerprint density at radius 3 is 3.05 bits per heavy atom. The van der Waals surface area contributed by atoms with Crippen molar-refractivity contribution in [2.24, 2.45) is 0 Å². The quantitative estimate of drug-likeness (QED) is 0.587. The monoisotopic (exact) mass is 327 g/mol. The van der Waals surface area contributed by atoms with Gasteiger partial charge in [0.1, 0.15) is 4.47 Å². The molecule has 0 aliphatic rings. The number of nitrogens with zero attached hydrogens (tertiary/aromatic N) is 2. The average molecular weight is 328 g/mol. The van der Waals surface area contributed by atoms with Crippen LogP contribution in [-0.4, -0.2) is 29.5 Å². The number of allylic oxidation sites excluding steroid dienone is 1. The SMILES string of the molecule is C=CCn1ncc(NCCOCC(=C)C)c(Br)c1=O. The molecule has 0 amide bonds. The summed E-state index contributed by atoms with van der Waals surface area (Å²) in [5.74, 6) is 0. The van der Waals surface area contributed by atoms with Crippen LogP contribution >= 0.6 is 15.9 Å². The van der Waals surface area contributed by atoms with Crippen LogP contribution in [0.25, 0.3) is 0 Å². The van der Waals surface area contributed by atoms with Gasteiger partial charge < -0.3 is 10.1 Å². The molecule has 1 aromatic rings. The minimum absolute atomic E-state index is 0.187. The van der Waals surface area contributed by atoms with E-state index in [4.69, 9.17) is 4.74 Å². The molecule has 0 saturated carbocycles. The van der Waals surface area contributed by atoms with Gasteiger partial charge in [-0.15, -0.1) is 6.58 Å². The van der Waals surface area contributed by atoms with E-state index in [0.717, 1.165) is 5.57 Å². The van der Waals surface area contributed by atoms with E-state index in [9.17, 15) is 4.79 Å². The van der Waals surface area contributed by atoms with Gasteiger partial charge >= 0.3 is 0 Å². The summed E-state index contributed by atoms with van der Waals surface area (Å²) in [5.41, 5.74) is 1.45. The fourth-order valence-electron chi connectivity index (χ4n) is 1.34. The third-order valence-corrected chi connectivity index (χ3v) is 2.96. The fourth-order valence-corrected chi connectivity index (χ4v) is 1.79. The van der Waals surface area contributed by atoms with Crippen molar-refractivity contribution >= 4 is 21.6 Å². The number of nitrogens with one attached hydrogen (secondary N) is 1. The maximum absolute atomic E-state index is 11.9. The molecule has 104 valence electrons. The van der Waals surface area contributed by atoms with Gasteiger partial charge in [0.15, 0.2) is 0 Å². The van der Waals surface area contributed by atoms with E-state index in [1.807, 2.05) is 6.92 Å². The maximum Gasteiger partial charge on any atom is 0.283 e. The molecule has 0 aliphatic heterocycles. The van der Waals surface area contributed by atoms with Crippen molar-refractivity contribution in [3.8, 4) is 0 Å². The summed E-state index contributed by atoms with van der Waals surface area (Å²) in [4.78, 5) is 11.9. The molecule has 0 spiro atoms. The van der Waals surface area contributed by atoms with Crippen LogP contribution in [0.4, 0.5) is 5.69 Å². The number of rotatable bonds is 8. The lowest BCUT2D eigenvalue weighted by atomic mass is 10.4. The maximum atomic E-state index is 11.9. The molecule has 1 heterocycles. The van der Waals surface area contributed by atoms with Gasteiger partial charge in [-0.25, -0.2) is 4.68 Å². The topological polar surface area (TPSA) is 56.1 Å². The van der Waals surface area contributed by atoms with Crippen molar-refractivity contribution in [1.82, 2.24) is 9.78 Å². The van der Waals surface area contributed by atoms with Gasteiger partial charge in [0.2, 0.25) is 0 Å². The minimum Gasteiger partial charge on any atom is -0.380 e.